The van der Waals surface area contributed by atoms with Gasteiger partial charge in [-0.15, -0.1) is 10.2 Å². The average Bonchev–Trinajstić information content (AvgIpc) is 2.32. The Hall–Kier alpha value is -1.39. The largest absolute Gasteiger partial charge is 0.352 e. The first-order chi connectivity index (χ1) is 5.65. The molecule has 0 atom stereocenters. The molecule has 0 fully saturated rings. The summed E-state index contributed by atoms with van der Waals surface area (Å²) >= 11 is 0. The molecule has 0 amide bonds. The number of nitrogens with one attached hydrogen (secondary N) is 1. The van der Waals surface area contributed by atoms with Gasteiger partial charge < -0.3 is 5.32 Å². The summed E-state index contributed by atoms with van der Waals surface area (Å²) in [6, 6.07) is 0.285. The Morgan fingerprint density at radius 3 is 2.58 bits per heavy atom. The normalized spacial score (nSPS) is 10.3. The zero-order valence-electron chi connectivity index (χ0n) is 7.40. The summed E-state index contributed by atoms with van der Waals surface area (Å²) in [5, 5.41) is 10.5. The lowest BCUT2D eigenvalue weighted by Crippen LogP contribution is -2.13. The van der Waals surface area contributed by atoms with Crippen molar-refractivity contribution in [2.24, 2.45) is 7.05 Å². The lowest BCUT2D eigenvalue weighted by Gasteiger charge is -2.07. The SMILES string of the molecule is CC(C)Nc1nnc(C=O)n1C. The minimum Gasteiger partial charge on any atom is -0.352 e. The van der Waals surface area contributed by atoms with Crippen molar-refractivity contribution >= 4 is 12.2 Å². The quantitative estimate of drug-likeness (QED) is 0.665. The zero-order valence-corrected chi connectivity index (χ0v) is 7.40. The lowest BCUT2D eigenvalue weighted by molar-refractivity contribution is 0.111. The maximum atomic E-state index is 10.4. The van der Waals surface area contributed by atoms with E-state index in [1.54, 1.807) is 11.6 Å². The molecule has 1 N–H and O–H groups in total. The monoisotopic (exact) mass is 168 g/mol. The van der Waals surface area contributed by atoms with Crippen molar-refractivity contribution in [3.8, 4) is 0 Å². The number of carbonyl (C=O) groups excluding carboxylic acids is 1. The number of hydrogen-bond acceptors (Lipinski definition) is 4. The molecule has 0 aromatic carbocycles. The molecule has 1 rings (SSSR count). The first-order valence-corrected chi connectivity index (χ1v) is 3.76. The van der Waals surface area contributed by atoms with Gasteiger partial charge in [-0.25, -0.2) is 0 Å². The Morgan fingerprint density at radius 2 is 2.17 bits per heavy atom. The molecule has 0 aliphatic heterocycles. The third kappa shape index (κ3) is 1.61. The molecule has 0 saturated carbocycles. The standard InChI is InChI=1S/C7H12N4O/c1-5(2)8-7-10-9-6(4-12)11(7)3/h4-5H,1-3H3,(H,8,10). The summed E-state index contributed by atoms with van der Waals surface area (Å²) in [7, 11) is 1.74. The van der Waals surface area contributed by atoms with Crippen LogP contribution in [0.3, 0.4) is 0 Å². The number of hydrogen-bond donors (Lipinski definition) is 1. The summed E-state index contributed by atoms with van der Waals surface area (Å²) in [5.74, 6) is 0.949. The van der Waals surface area contributed by atoms with Crippen molar-refractivity contribution in [3.05, 3.63) is 5.82 Å². The van der Waals surface area contributed by atoms with Gasteiger partial charge >= 0.3 is 0 Å². The molecule has 0 spiro atoms. The van der Waals surface area contributed by atoms with E-state index < -0.39 is 0 Å². The minimum absolute atomic E-state index is 0.285. The molecule has 66 valence electrons. The van der Waals surface area contributed by atoms with Crippen LogP contribution in [0, 0.1) is 0 Å². The highest BCUT2D eigenvalue weighted by Crippen LogP contribution is 2.03. The third-order valence-corrected chi connectivity index (χ3v) is 1.43. The van der Waals surface area contributed by atoms with Crippen molar-refractivity contribution in [2.45, 2.75) is 19.9 Å². The van der Waals surface area contributed by atoms with Crippen LogP contribution in [0.4, 0.5) is 5.95 Å². The second-order valence-corrected chi connectivity index (χ2v) is 2.86. The smallest absolute Gasteiger partial charge is 0.224 e. The number of rotatable bonds is 3. The number of anilines is 1. The highest BCUT2D eigenvalue weighted by Gasteiger charge is 2.06. The van der Waals surface area contributed by atoms with Crippen molar-refractivity contribution in [1.82, 2.24) is 14.8 Å². The van der Waals surface area contributed by atoms with Gasteiger partial charge in [0.2, 0.25) is 5.95 Å². The summed E-state index contributed by atoms with van der Waals surface area (Å²) in [4.78, 5) is 10.4. The fourth-order valence-corrected chi connectivity index (χ4v) is 0.828. The highest BCUT2D eigenvalue weighted by atomic mass is 16.1. The van der Waals surface area contributed by atoms with E-state index in [9.17, 15) is 4.79 Å². The molecule has 0 aliphatic rings. The molecule has 0 saturated heterocycles. The number of carbonyl (C=O) groups is 1. The van der Waals surface area contributed by atoms with Crippen LogP contribution >= 0.6 is 0 Å². The highest BCUT2D eigenvalue weighted by molar-refractivity contribution is 5.69. The van der Waals surface area contributed by atoms with E-state index in [-0.39, 0.29) is 6.04 Å². The fraction of sp³-hybridized carbons (Fsp3) is 0.571. The van der Waals surface area contributed by atoms with E-state index in [0.717, 1.165) is 0 Å². The van der Waals surface area contributed by atoms with Crippen LogP contribution in [-0.2, 0) is 7.05 Å². The summed E-state index contributed by atoms with van der Waals surface area (Å²) < 4.78 is 1.62. The second kappa shape index (κ2) is 3.34. The maximum Gasteiger partial charge on any atom is 0.224 e. The Bertz CT molecular complexity index is 279. The Kier molecular flexibility index (Phi) is 2.42. The second-order valence-electron chi connectivity index (χ2n) is 2.86. The molecule has 0 radical (unpaired) electrons. The van der Waals surface area contributed by atoms with Gasteiger partial charge in [0.1, 0.15) is 0 Å². The van der Waals surface area contributed by atoms with Gasteiger partial charge in [-0.05, 0) is 13.8 Å². The average molecular weight is 168 g/mol. The van der Waals surface area contributed by atoms with Gasteiger partial charge in [0, 0.05) is 13.1 Å². The molecule has 12 heavy (non-hydrogen) atoms. The predicted octanol–water partition coefficient (Wildman–Crippen LogP) is 0.448. The van der Waals surface area contributed by atoms with Crippen LogP contribution in [0.15, 0.2) is 0 Å². The molecule has 0 bridgehead atoms. The molecule has 0 unspecified atom stereocenters. The Labute approximate surface area is 70.8 Å². The van der Waals surface area contributed by atoms with Gasteiger partial charge in [-0.2, -0.15) is 0 Å². The van der Waals surface area contributed by atoms with Crippen LogP contribution in [0.2, 0.25) is 0 Å². The van der Waals surface area contributed by atoms with Gasteiger partial charge in [0.15, 0.2) is 12.1 Å². The summed E-state index contributed by atoms with van der Waals surface area (Å²) in [6.45, 7) is 3.99. The molecule has 0 aliphatic carbocycles. The van der Waals surface area contributed by atoms with Crippen LogP contribution in [0.25, 0.3) is 0 Å². The Morgan fingerprint density at radius 1 is 1.50 bits per heavy atom. The molecule has 5 heteroatoms. The number of aldehydes is 1. The predicted molar refractivity (Wildman–Crippen MR) is 45.1 cm³/mol. The Balaban J connectivity index is 2.86. The lowest BCUT2D eigenvalue weighted by atomic mass is 10.4. The van der Waals surface area contributed by atoms with E-state index >= 15 is 0 Å². The number of nitrogens with zero attached hydrogens (tertiary/aromatic N) is 3. The first kappa shape index (κ1) is 8.70. The van der Waals surface area contributed by atoms with Gasteiger partial charge in [0.05, 0.1) is 0 Å². The molecule has 1 heterocycles. The van der Waals surface area contributed by atoms with Gasteiger partial charge in [0.25, 0.3) is 0 Å². The molecule has 1 aromatic heterocycles. The van der Waals surface area contributed by atoms with Crippen molar-refractivity contribution in [1.29, 1.82) is 0 Å². The van der Waals surface area contributed by atoms with Crippen molar-refractivity contribution < 1.29 is 4.79 Å². The van der Waals surface area contributed by atoms with Crippen molar-refractivity contribution in [2.75, 3.05) is 5.32 Å². The van der Waals surface area contributed by atoms with Crippen molar-refractivity contribution in [3.63, 3.8) is 0 Å². The van der Waals surface area contributed by atoms with Crippen LogP contribution in [-0.4, -0.2) is 27.1 Å². The van der Waals surface area contributed by atoms with E-state index in [1.165, 1.54) is 0 Å². The molecular formula is C7H12N4O. The van der Waals surface area contributed by atoms with Crippen LogP contribution in [0.1, 0.15) is 24.5 Å². The topological polar surface area (TPSA) is 59.8 Å². The summed E-state index contributed by atoms with van der Waals surface area (Å²) in [5.41, 5.74) is 0. The number of aromatic nitrogens is 3. The van der Waals surface area contributed by atoms with Crippen LogP contribution in [0.5, 0.6) is 0 Å². The van der Waals surface area contributed by atoms with E-state index in [0.29, 0.717) is 18.1 Å². The molecule has 5 nitrogen and oxygen atoms in total. The van der Waals surface area contributed by atoms with E-state index in [2.05, 4.69) is 15.5 Å². The zero-order chi connectivity index (χ0) is 9.14. The van der Waals surface area contributed by atoms with Crippen LogP contribution < -0.4 is 5.32 Å². The maximum absolute atomic E-state index is 10.4. The summed E-state index contributed by atoms with van der Waals surface area (Å²) in [6.07, 6.45) is 0.679. The fourth-order valence-electron chi connectivity index (χ4n) is 0.828. The minimum atomic E-state index is 0.285. The molecular weight excluding hydrogens is 156 g/mol. The molecule has 1 aromatic rings. The van der Waals surface area contributed by atoms with E-state index in [1.807, 2.05) is 13.8 Å². The van der Waals surface area contributed by atoms with E-state index in [4.69, 9.17) is 0 Å². The van der Waals surface area contributed by atoms with Gasteiger partial charge in [-0.1, -0.05) is 0 Å². The first-order valence-electron chi connectivity index (χ1n) is 3.76. The third-order valence-electron chi connectivity index (χ3n) is 1.43. The van der Waals surface area contributed by atoms with Gasteiger partial charge in [-0.3, -0.25) is 9.36 Å².